The van der Waals surface area contributed by atoms with Crippen LogP contribution >= 0.6 is 0 Å². The maximum absolute atomic E-state index is 10.1. The number of aryl methyl sites for hydroxylation is 1. The van der Waals surface area contributed by atoms with Crippen molar-refractivity contribution >= 4 is 16.5 Å². The Morgan fingerprint density at radius 3 is 2.79 bits per heavy atom. The number of H-pyrrole nitrogens is 1. The van der Waals surface area contributed by atoms with Crippen molar-refractivity contribution in [2.75, 3.05) is 26.2 Å². The summed E-state index contributed by atoms with van der Waals surface area (Å²) in [5.74, 6) is 0. The minimum absolute atomic E-state index is 0.164. The molecule has 1 aliphatic rings. The number of fused-ring (bicyclic) bond motifs is 1. The number of rotatable bonds is 6. The lowest BCUT2D eigenvalue weighted by Crippen LogP contribution is -2.37. The molecule has 130 valence electrons. The van der Waals surface area contributed by atoms with Crippen LogP contribution < -0.4 is 0 Å². The van der Waals surface area contributed by atoms with Crippen LogP contribution in [0.4, 0.5) is 0 Å². The van der Waals surface area contributed by atoms with Gasteiger partial charge in [0.05, 0.1) is 18.8 Å². The van der Waals surface area contributed by atoms with Gasteiger partial charge in [-0.05, 0) is 38.8 Å². The topological polar surface area (TPSA) is 48.5 Å². The average Bonchev–Trinajstić information content (AvgIpc) is 2.89. The first-order valence-corrected chi connectivity index (χ1v) is 8.83. The van der Waals surface area contributed by atoms with Crippen molar-refractivity contribution in [1.29, 1.82) is 0 Å². The molecule has 2 heterocycles. The molecule has 0 spiro atoms. The largest absolute Gasteiger partial charge is 0.389 e. The molecule has 0 aliphatic carbocycles. The number of aliphatic hydroxyl groups is 1. The van der Waals surface area contributed by atoms with Gasteiger partial charge in [-0.15, -0.1) is 0 Å². The minimum atomic E-state index is -0.419. The Hall–Kier alpha value is -1.62. The molecular formula is C20H28N2O2. The predicted octanol–water partition coefficient (Wildman–Crippen LogP) is 3.35. The third kappa shape index (κ3) is 3.89. The molecule has 2 aromatic rings. The molecule has 1 atom stereocenters. The maximum Gasteiger partial charge on any atom is 0.0900 e. The average molecular weight is 328 g/mol. The molecule has 2 N–H and O–H groups in total. The highest BCUT2D eigenvalue weighted by Crippen LogP contribution is 2.32. The summed E-state index contributed by atoms with van der Waals surface area (Å²) < 4.78 is 5.49. The number of ether oxygens (including phenoxy) is 1. The normalized spacial score (nSPS) is 17.5. The van der Waals surface area contributed by atoms with Crippen molar-refractivity contribution in [3.05, 3.63) is 41.6 Å². The molecule has 0 saturated carbocycles. The highest BCUT2D eigenvalue weighted by molar-refractivity contribution is 5.94. The van der Waals surface area contributed by atoms with Gasteiger partial charge in [-0.25, -0.2) is 0 Å². The molecule has 1 aliphatic heterocycles. The first-order valence-electron chi connectivity index (χ1n) is 8.83. The molecule has 0 saturated heterocycles. The summed E-state index contributed by atoms with van der Waals surface area (Å²) in [5, 5.41) is 11.4. The molecule has 0 amide bonds. The number of aliphatic hydroxyl groups excluding tert-OH is 1. The molecule has 0 bridgehead atoms. The van der Waals surface area contributed by atoms with Crippen LogP contribution in [-0.2, 0) is 4.74 Å². The molecule has 1 aromatic carbocycles. The third-order valence-corrected chi connectivity index (χ3v) is 4.60. The number of aromatic amines is 1. The van der Waals surface area contributed by atoms with Crippen LogP contribution in [0.1, 0.15) is 31.5 Å². The SMILES string of the molecule is Cc1[nH]c2ccccc2c1C1=CCN(CC(O)COC(C)C)CC1. The lowest BCUT2D eigenvalue weighted by atomic mass is 9.96. The zero-order chi connectivity index (χ0) is 17.1. The van der Waals surface area contributed by atoms with E-state index in [9.17, 15) is 5.11 Å². The van der Waals surface area contributed by atoms with E-state index < -0.39 is 6.10 Å². The summed E-state index contributed by atoms with van der Waals surface area (Å²) in [6, 6.07) is 8.49. The first kappa shape index (κ1) is 17.2. The highest BCUT2D eigenvalue weighted by Gasteiger charge is 2.19. The molecule has 0 radical (unpaired) electrons. The predicted molar refractivity (Wildman–Crippen MR) is 99.2 cm³/mol. The summed E-state index contributed by atoms with van der Waals surface area (Å²) in [6.07, 6.45) is 3.07. The number of nitrogens with zero attached hydrogens (tertiary/aromatic N) is 1. The molecule has 3 rings (SSSR count). The second-order valence-electron chi connectivity index (χ2n) is 6.95. The molecular weight excluding hydrogens is 300 g/mol. The number of β-amino-alcohol motifs (C(OH)–C–C–N with tert-alkyl or cyclic N) is 1. The molecule has 24 heavy (non-hydrogen) atoms. The van der Waals surface area contributed by atoms with Crippen LogP contribution in [-0.4, -0.2) is 53.4 Å². The van der Waals surface area contributed by atoms with E-state index in [1.807, 2.05) is 13.8 Å². The van der Waals surface area contributed by atoms with Crippen LogP contribution in [0.15, 0.2) is 30.3 Å². The van der Waals surface area contributed by atoms with Crippen molar-refractivity contribution in [3.63, 3.8) is 0 Å². The number of hydrogen-bond donors (Lipinski definition) is 2. The van der Waals surface area contributed by atoms with Crippen LogP contribution in [0.3, 0.4) is 0 Å². The van der Waals surface area contributed by atoms with Gasteiger partial charge in [0.2, 0.25) is 0 Å². The van der Waals surface area contributed by atoms with Gasteiger partial charge in [-0.1, -0.05) is 24.3 Å². The molecule has 1 aromatic heterocycles. The van der Waals surface area contributed by atoms with E-state index in [1.165, 1.54) is 27.7 Å². The van der Waals surface area contributed by atoms with Crippen molar-refractivity contribution in [3.8, 4) is 0 Å². The van der Waals surface area contributed by atoms with Crippen LogP contribution in [0, 0.1) is 6.92 Å². The Morgan fingerprint density at radius 2 is 2.08 bits per heavy atom. The summed E-state index contributed by atoms with van der Waals surface area (Å²) in [6.45, 7) is 9.07. The number of hydrogen-bond acceptors (Lipinski definition) is 3. The quantitative estimate of drug-likeness (QED) is 0.855. The van der Waals surface area contributed by atoms with E-state index in [2.05, 4.69) is 47.1 Å². The second kappa shape index (κ2) is 7.51. The smallest absolute Gasteiger partial charge is 0.0900 e. The van der Waals surface area contributed by atoms with E-state index in [0.29, 0.717) is 13.2 Å². The van der Waals surface area contributed by atoms with E-state index in [1.54, 1.807) is 0 Å². The van der Waals surface area contributed by atoms with Gasteiger partial charge in [0.1, 0.15) is 0 Å². The van der Waals surface area contributed by atoms with E-state index in [0.717, 1.165) is 19.5 Å². The summed E-state index contributed by atoms with van der Waals surface area (Å²) in [5.41, 5.74) is 5.21. The number of para-hydroxylation sites is 1. The fourth-order valence-corrected chi connectivity index (χ4v) is 3.45. The standard InChI is InChI=1S/C20H28N2O2/c1-14(2)24-13-17(23)12-22-10-8-16(9-11-22)20-15(3)21-19-7-5-4-6-18(19)20/h4-8,14,17,21,23H,9-13H2,1-3H3. The maximum atomic E-state index is 10.1. The fraction of sp³-hybridized carbons (Fsp3) is 0.500. The van der Waals surface area contributed by atoms with Gasteiger partial charge in [0, 0.05) is 41.8 Å². The van der Waals surface area contributed by atoms with Gasteiger partial charge in [0.15, 0.2) is 0 Å². The van der Waals surface area contributed by atoms with Crippen LogP contribution in [0.2, 0.25) is 0 Å². The first-order chi connectivity index (χ1) is 11.5. The van der Waals surface area contributed by atoms with Crippen molar-refractivity contribution in [2.24, 2.45) is 0 Å². The van der Waals surface area contributed by atoms with Crippen molar-refractivity contribution in [1.82, 2.24) is 9.88 Å². The Kier molecular flexibility index (Phi) is 5.39. The lowest BCUT2D eigenvalue weighted by Gasteiger charge is -2.28. The number of nitrogens with one attached hydrogen (secondary N) is 1. The minimum Gasteiger partial charge on any atom is -0.389 e. The Balaban J connectivity index is 1.66. The van der Waals surface area contributed by atoms with E-state index in [-0.39, 0.29) is 6.10 Å². The zero-order valence-corrected chi connectivity index (χ0v) is 14.9. The van der Waals surface area contributed by atoms with E-state index in [4.69, 9.17) is 4.74 Å². The van der Waals surface area contributed by atoms with Gasteiger partial charge in [0.25, 0.3) is 0 Å². The monoisotopic (exact) mass is 328 g/mol. The van der Waals surface area contributed by atoms with Gasteiger partial charge >= 0.3 is 0 Å². The Labute approximate surface area is 144 Å². The van der Waals surface area contributed by atoms with Crippen molar-refractivity contribution < 1.29 is 9.84 Å². The lowest BCUT2D eigenvalue weighted by molar-refractivity contribution is -0.00723. The van der Waals surface area contributed by atoms with Crippen LogP contribution in [0.5, 0.6) is 0 Å². The van der Waals surface area contributed by atoms with Gasteiger partial charge in [-0.2, -0.15) is 0 Å². The Morgan fingerprint density at radius 1 is 1.29 bits per heavy atom. The highest BCUT2D eigenvalue weighted by atomic mass is 16.5. The van der Waals surface area contributed by atoms with Gasteiger partial charge in [-0.3, -0.25) is 4.90 Å². The van der Waals surface area contributed by atoms with Gasteiger partial charge < -0.3 is 14.8 Å². The number of aromatic nitrogens is 1. The van der Waals surface area contributed by atoms with E-state index >= 15 is 0 Å². The Bertz CT molecular complexity index is 717. The molecule has 4 nitrogen and oxygen atoms in total. The second-order valence-corrected chi connectivity index (χ2v) is 6.95. The fourth-order valence-electron chi connectivity index (χ4n) is 3.45. The molecule has 0 fully saturated rings. The molecule has 4 heteroatoms. The number of benzene rings is 1. The zero-order valence-electron chi connectivity index (χ0n) is 14.9. The van der Waals surface area contributed by atoms with Crippen LogP contribution in [0.25, 0.3) is 16.5 Å². The summed E-state index contributed by atoms with van der Waals surface area (Å²) in [4.78, 5) is 5.78. The third-order valence-electron chi connectivity index (χ3n) is 4.60. The van der Waals surface area contributed by atoms with Crippen molar-refractivity contribution in [2.45, 2.75) is 39.4 Å². The molecule has 1 unspecified atom stereocenters. The summed E-state index contributed by atoms with van der Waals surface area (Å²) in [7, 11) is 0. The summed E-state index contributed by atoms with van der Waals surface area (Å²) >= 11 is 0.